The van der Waals surface area contributed by atoms with Crippen LogP contribution in [0.2, 0.25) is 0 Å². The molecule has 1 aromatic carbocycles. The molecule has 1 fully saturated rings. The van der Waals surface area contributed by atoms with Gasteiger partial charge in [0.05, 0.1) is 30.2 Å². The van der Waals surface area contributed by atoms with Crippen LogP contribution in [0.1, 0.15) is 19.3 Å². The fourth-order valence-electron chi connectivity index (χ4n) is 2.20. The van der Waals surface area contributed by atoms with Crippen LogP contribution >= 0.6 is 0 Å². The normalized spacial score (nSPS) is 18.1. The molecule has 0 unspecified atom stereocenters. The van der Waals surface area contributed by atoms with Crippen molar-refractivity contribution < 1.29 is 17.9 Å². The molecule has 0 bridgehead atoms. The molecule has 7 heteroatoms. The number of ether oxygens (including phenoxy) is 1. The van der Waals surface area contributed by atoms with Gasteiger partial charge in [0.1, 0.15) is 15.6 Å². The highest BCUT2D eigenvalue weighted by Gasteiger charge is 2.24. The average molecular weight is 312 g/mol. The number of hydrogen-bond donors (Lipinski definition) is 2. The van der Waals surface area contributed by atoms with E-state index in [1.165, 1.54) is 0 Å². The van der Waals surface area contributed by atoms with E-state index < -0.39 is 9.84 Å². The third-order valence-electron chi connectivity index (χ3n) is 3.43. The van der Waals surface area contributed by atoms with Gasteiger partial charge in [-0.25, -0.2) is 8.42 Å². The molecule has 1 heterocycles. The van der Waals surface area contributed by atoms with Crippen molar-refractivity contribution in [1.29, 1.82) is 0 Å². The maximum Gasteiger partial charge on any atom is 0.223 e. The van der Waals surface area contributed by atoms with Crippen LogP contribution in [0, 0.1) is 0 Å². The summed E-state index contributed by atoms with van der Waals surface area (Å²) in [6.45, 7) is 0.241. The van der Waals surface area contributed by atoms with E-state index in [0.717, 1.165) is 0 Å². The number of benzene rings is 1. The number of hydrogen-bond acceptors (Lipinski definition) is 5. The Morgan fingerprint density at radius 1 is 1.29 bits per heavy atom. The Morgan fingerprint density at radius 2 is 1.95 bits per heavy atom. The minimum atomic E-state index is -2.90. The fraction of sp³-hybridized carbons (Fsp3) is 0.500. The number of amides is 1. The second-order valence-corrected chi connectivity index (χ2v) is 7.43. The number of rotatable bonds is 5. The minimum Gasteiger partial charge on any atom is -0.491 e. The van der Waals surface area contributed by atoms with Gasteiger partial charge >= 0.3 is 0 Å². The van der Waals surface area contributed by atoms with E-state index in [9.17, 15) is 13.2 Å². The number of carbonyl (C=O) groups is 1. The average Bonchev–Trinajstić information content (AvgIpc) is 2.43. The molecule has 0 saturated carbocycles. The predicted molar refractivity (Wildman–Crippen MR) is 80.8 cm³/mol. The van der Waals surface area contributed by atoms with Crippen molar-refractivity contribution in [3.05, 3.63) is 24.3 Å². The van der Waals surface area contributed by atoms with Gasteiger partial charge in [0.2, 0.25) is 5.91 Å². The maximum absolute atomic E-state index is 11.8. The zero-order valence-electron chi connectivity index (χ0n) is 11.7. The molecule has 2 rings (SSSR count). The standard InChI is InChI=1S/C14H20N2O4S/c15-12-3-1-2-4-13(12)20-8-5-14(17)16-11-6-9-21(18,19)10-7-11/h1-4,11H,5-10,15H2,(H,16,17). The summed E-state index contributed by atoms with van der Waals surface area (Å²) >= 11 is 0. The Balaban J connectivity index is 1.70. The van der Waals surface area contributed by atoms with Gasteiger partial charge in [0.25, 0.3) is 0 Å². The van der Waals surface area contributed by atoms with Crippen molar-refractivity contribution in [3.8, 4) is 5.75 Å². The summed E-state index contributed by atoms with van der Waals surface area (Å²) < 4.78 is 28.0. The Bertz CT molecular complexity index is 587. The van der Waals surface area contributed by atoms with Gasteiger partial charge in [0, 0.05) is 6.04 Å². The monoisotopic (exact) mass is 312 g/mol. The van der Waals surface area contributed by atoms with Crippen molar-refractivity contribution in [2.45, 2.75) is 25.3 Å². The second-order valence-electron chi connectivity index (χ2n) is 5.13. The Kier molecular flexibility index (Phi) is 5.06. The van der Waals surface area contributed by atoms with E-state index in [4.69, 9.17) is 10.5 Å². The lowest BCUT2D eigenvalue weighted by Gasteiger charge is -2.23. The number of sulfone groups is 1. The van der Waals surface area contributed by atoms with E-state index in [0.29, 0.717) is 24.3 Å². The number of para-hydroxylation sites is 2. The predicted octanol–water partition coefficient (Wildman–Crippen LogP) is 0.731. The quantitative estimate of drug-likeness (QED) is 0.781. The third kappa shape index (κ3) is 4.93. The van der Waals surface area contributed by atoms with E-state index in [2.05, 4.69) is 5.32 Å². The van der Waals surface area contributed by atoms with Crippen molar-refractivity contribution in [2.75, 3.05) is 23.8 Å². The van der Waals surface area contributed by atoms with Crippen LogP contribution in [-0.2, 0) is 14.6 Å². The van der Waals surface area contributed by atoms with E-state index >= 15 is 0 Å². The number of nitrogens with two attached hydrogens (primary N) is 1. The molecule has 1 aliphatic heterocycles. The molecular formula is C14H20N2O4S. The molecule has 0 aromatic heterocycles. The van der Waals surface area contributed by atoms with Crippen molar-refractivity contribution in [2.24, 2.45) is 0 Å². The highest BCUT2D eigenvalue weighted by Crippen LogP contribution is 2.19. The van der Waals surface area contributed by atoms with Gasteiger partial charge < -0.3 is 15.8 Å². The van der Waals surface area contributed by atoms with Gasteiger partial charge in [0.15, 0.2) is 0 Å². The number of nitrogen functional groups attached to an aromatic ring is 1. The maximum atomic E-state index is 11.8. The molecule has 0 radical (unpaired) electrons. The van der Waals surface area contributed by atoms with Crippen LogP contribution in [0.25, 0.3) is 0 Å². The van der Waals surface area contributed by atoms with E-state index in [-0.39, 0.29) is 36.5 Å². The molecule has 6 nitrogen and oxygen atoms in total. The molecular weight excluding hydrogens is 292 g/mol. The summed E-state index contributed by atoms with van der Waals surface area (Å²) in [6, 6.07) is 7.06. The lowest BCUT2D eigenvalue weighted by molar-refractivity contribution is -0.122. The van der Waals surface area contributed by atoms with Gasteiger partial charge in [-0.3, -0.25) is 4.79 Å². The number of nitrogens with one attached hydrogen (secondary N) is 1. The molecule has 1 aromatic rings. The van der Waals surface area contributed by atoms with Gasteiger partial charge in [-0.1, -0.05) is 12.1 Å². The zero-order chi connectivity index (χ0) is 15.3. The molecule has 1 saturated heterocycles. The third-order valence-corrected chi connectivity index (χ3v) is 5.14. The zero-order valence-corrected chi connectivity index (χ0v) is 12.6. The first-order valence-electron chi connectivity index (χ1n) is 6.93. The summed E-state index contributed by atoms with van der Waals surface area (Å²) in [5.74, 6) is 0.729. The van der Waals surface area contributed by atoms with Crippen LogP contribution in [0.15, 0.2) is 24.3 Å². The smallest absolute Gasteiger partial charge is 0.223 e. The summed E-state index contributed by atoms with van der Waals surface area (Å²) in [6.07, 6.45) is 1.19. The lowest BCUT2D eigenvalue weighted by atomic mass is 10.1. The summed E-state index contributed by atoms with van der Waals surface area (Å²) in [5, 5.41) is 2.84. The van der Waals surface area contributed by atoms with Gasteiger partial charge in [-0.2, -0.15) is 0 Å². The van der Waals surface area contributed by atoms with Crippen molar-refractivity contribution >= 4 is 21.4 Å². The van der Waals surface area contributed by atoms with Crippen LogP contribution in [0.4, 0.5) is 5.69 Å². The largest absolute Gasteiger partial charge is 0.491 e. The molecule has 1 amide bonds. The van der Waals surface area contributed by atoms with Gasteiger partial charge in [-0.15, -0.1) is 0 Å². The summed E-state index contributed by atoms with van der Waals surface area (Å²) in [7, 11) is -2.90. The SMILES string of the molecule is Nc1ccccc1OCCC(=O)NC1CCS(=O)(=O)CC1. The second kappa shape index (κ2) is 6.80. The number of anilines is 1. The first-order chi connectivity index (χ1) is 9.96. The van der Waals surface area contributed by atoms with Crippen LogP contribution < -0.4 is 15.8 Å². The lowest BCUT2D eigenvalue weighted by Crippen LogP contribution is -2.41. The molecule has 0 spiro atoms. The first kappa shape index (κ1) is 15.6. The molecule has 0 atom stereocenters. The molecule has 116 valence electrons. The van der Waals surface area contributed by atoms with E-state index in [1.807, 2.05) is 12.1 Å². The Morgan fingerprint density at radius 3 is 2.62 bits per heavy atom. The topological polar surface area (TPSA) is 98.5 Å². The number of carbonyl (C=O) groups excluding carboxylic acids is 1. The summed E-state index contributed by atoms with van der Waals surface area (Å²) in [4.78, 5) is 11.8. The van der Waals surface area contributed by atoms with Crippen molar-refractivity contribution in [3.63, 3.8) is 0 Å². The first-order valence-corrected chi connectivity index (χ1v) is 8.75. The molecule has 1 aliphatic rings. The Hall–Kier alpha value is -1.76. The highest BCUT2D eigenvalue weighted by atomic mass is 32.2. The summed E-state index contributed by atoms with van der Waals surface area (Å²) in [5.41, 5.74) is 6.27. The molecule has 3 N–H and O–H groups in total. The van der Waals surface area contributed by atoms with Gasteiger partial charge in [-0.05, 0) is 25.0 Å². The molecule has 0 aliphatic carbocycles. The van der Waals surface area contributed by atoms with Crippen LogP contribution in [0.5, 0.6) is 5.75 Å². The Labute approximate surface area is 124 Å². The van der Waals surface area contributed by atoms with Crippen LogP contribution in [0.3, 0.4) is 0 Å². The van der Waals surface area contributed by atoms with E-state index in [1.54, 1.807) is 12.1 Å². The fourth-order valence-corrected chi connectivity index (χ4v) is 3.69. The van der Waals surface area contributed by atoms with Crippen LogP contribution in [-0.4, -0.2) is 38.5 Å². The molecule has 21 heavy (non-hydrogen) atoms. The van der Waals surface area contributed by atoms with Crippen molar-refractivity contribution in [1.82, 2.24) is 5.32 Å². The highest BCUT2D eigenvalue weighted by molar-refractivity contribution is 7.91. The minimum absolute atomic E-state index is 0.0529.